The predicted molar refractivity (Wildman–Crippen MR) is 217 cm³/mol. The van der Waals surface area contributed by atoms with Crippen LogP contribution in [0.3, 0.4) is 0 Å². The van der Waals surface area contributed by atoms with Gasteiger partial charge in [-0.25, -0.2) is 19.6 Å². The number of nitrogens with zero attached hydrogens (tertiary/aromatic N) is 3. The number of carbonyl (C=O) groups is 5. The third-order valence-corrected chi connectivity index (χ3v) is 12.6. The highest BCUT2D eigenvalue weighted by Crippen LogP contribution is 2.45. The molecule has 3 amide bonds. The van der Waals surface area contributed by atoms with Gasteiger partial charge in [0.2, 0.25) is 11.8 Å². The van der Waals surface area contributed by atoms with E-state index in [1.54, 1.807) is 25.3 Å². The number of pyridine rings is 1. The highest BCUT2D eigenvalue weighted by molar-refractivity contribution is 9.10. The van der Waals surface area contributed by atoms with Gasteiger partial charge in [-0.1, -0.05) is 40.7 Å². The van der Waals surface area contributed by atoms with E-state index in [1.807, 2.05) is 40.0 Å². The van der Waals surface area contributed by atoms with Crippen molar-refractivity contribution < 1.29 is 43.3 Å². The Labute approximate surface area is 344 Å². The van der Waals surface area contributed by atoms with E-state index in [0.717, 1.165) is 25.7 Å². The summed E-state index contributed by atoms with van der Waals surface area (Å²) in [6.07, 6.45) is 3.62. The summed E-state index contributed by atoms with van der Waals surface area (Å²) in [5.74, 6) is -1.98. The average molecular weight is 869 g/mol. The van der Waals surface area contributed by atoms with Crippen molar-refractivity contribution in [1.82, 2.24) is 25.5 Å². The van der Waals surface area contributed by atoms with Crippen molar-refractivity contribution in [3.63, 3.8) is 0 Å². The van der Waals surface area contributed by atoms with Crippen LogP contribution in [0, 0.1) is 17.3 Å². The van der Waals surface area contributed by atoms with Gasteiger partial charge in [0, 0.05) is 35.1 Å². The van der Waals surface area contributed by atoms with Gasteiger partial charge in [-0.05, 0) is 65.6 Å². The van der Waals surface area contributed by atoms with Crippen molar-refractivity contribution in [2.45, 2.75) is 109 Å². The molecule has 2 aromatic heterocycles. The van der Waals surface area contributed by atoms with E-state index in [0.29, 0.717) is 43.3 Å². The van der Waals surface area contributed by atoms with Crippen molar-refractivity contribution in [2.24, 2.45) is 17.3 Å². The van der Waals surface area contributed by atoms with Crippen molar-refractivity contribution in [3.8, 4) is 22.9 Å². The van der Waals surface area contributed by atoms with Gasteiger partial charge in [0.1, 0.15) is 57.8 Å². The molecule has 1 saturated heterocycles. The number of halogens is 1. The number of carbonyl (C=O) groups excluding carboxylic acids is 4. The topological polar surface area (TPSA) is 186 Å². The lowest BCUT2D eigenvalue weighted by Crippen LogP contribution is -2.59. The van der Waals surface area contributed by atoms with Crippen LogP contribution in [0.2, 0.25) is 0 Å². The molecule has 1 aliphatic heterocycles. The summed E-state index contributed by atoms with van der Waals surface area (Å²) in [6.45, 7) is 12.8. The number of benzene rings is 1. The number of ether oxygens (including phenoxy) is 3. The zero-order valence-electron chi connectivity index (χ0n) is 33.1. The number of Topliss-reactive ketones (excluding diaryl/α,β-unsaturated/α-hetero) is 1. The highest BCUT2D eigenvalue weighted by atomic mass is 79.9. The van der Waals surface area contributed by atoms with Crippen LogP contribution < -0.4 is 20.1 Å². The second-order valence-electron chi connectivity index (χ2n) is 16.5. The minimum atomic E-state index is -1.53. The molecule has 1 aromatic carbocycles. The van der Waals surface area contributed by atoms with E-state index < -0.39 is 58.9 Å². The van der Waals surface area contributed by atoms with Gasteiger partial charge < -0.3 is 34.9 Å². The summed E-state index contributed by atoms with van der Waals surface area (Å²) >= 11 is 4.99. The number of hydrogen-bond donors (Lipinski definition) is 3. The summed E-state index contributed by atoms with van der Waals surface area (Å²) in [4.78, 5) is 77.8. The molecule has 14 nitrogen and oxygen atoms in total. The fraction of sp³-hybridized carbons (Fsp3) is 0.537. The molecular formula is C41H50BrN5O9S. The van der Waals surface area contributed by atoms with E-state index in [1.165, 1.54) is 22.3 Å². The van der Waals surface area contributed by atoms with Crippen molar-refractivity contribution in [2.75, 3.05) is 13.7 Å². The number of methoxy groups -OCH3 is 1. The molecule has 57 heavy (non-hydrogen) atoms. The number of likely N-dealkylation sites (tertiary alicyclic amines) is 1. The van der Waals surface area contributed by atoms with E-state index in [2.05, 4.69) is 33.1 Å². The third kappa shape index (κ3) is 8.96. The molecule has 3 aliphatic rings. The van der Waals surface area contributed by atoms with Crippen molar-refractivity contribution in [1.29, 1.82) is 0 Å². The third-order valence-electron chi connectivity index (χ3n) is 11.0. The molecule has 306 valence electrons. The lowest BCUT2D eigenvalue weighted by Gasteiger charge is -2.35. The summed E-state index contributed by atoms with van der Waals surface area (Å²) < 4.78 is 18.5. The minimum absolute atomic E-state index is 0.0179. The van der Waals surface area contributed by atoms with Crippen LogP contribution in [0.1, 0.15) is 78.2 Å². The number of aromatic nitrogens is 2. The number of hydrogen-bond acceptors (Lipinski definition) is 11. The Hall–Kier alpha value is -4.57. The molecule has 0 unspecified atom stereocenters. The second kappa shape index (κ2) is 16.7. The Morgan fingerprint density at radius 3 is 2.44 bits per heavy atom. The van der Waals surface area contributed by atoms with Gasteiger partial charge >= 0.3 is 12.1 Å². The number of fused-ring (bicyclic) bond motifs is 1. The fourth-order valence-electron chi connectivity index (χ4n) is 7.46. The van der Waals surface area contributed by atoms with Gasteiger partial charge in [-0.2, -0.15) is 0 Å². The maximum Gasteiger partial charge on any atom is 0.408 e. The number of ketones is 1. The molecule has 6 rings (SSSR count). The fourth-order valence-corrected chi connectivity index (χ4v) is 8.85. The van der Waals surface area contributed by atoms with E-state index in [4.69, 9.17) is 24.2 Å². The average Bonchev–Trinajstić information content (AvgIpc) is 3.57. The first-order valence-corrected chi connectivity index (χ1v) is 20.9. The van der Waals surface area contributed by atoms with E-state index in [9.17, 15) is 29.1 Å². The molecule has 3 heterocycles. The summed E-state index contributed by atoms with van der Waals surface area (Å²) in [7, 11) is 1.54. The molecule has 2 aliphatic carbocycles. The number of thiazole rings is 1. The summed E-state index contributed by atoms with van der Waals surface area (Å²) in [5, 5.41) is 18.7. The van der Waals surface area contributed by atoms with E-state index >= 15 is 0 Å². The summed E-state index contributed by atoms with van der Waals surface area (Å²) in [5.41, 5.74) is -0.812. The normalized spacial score (nSPS) is 22.6. The van der Waals surface area contributed by atoms with Gasteiger partial charge in [0.15, 0.2) is 0 Å². The van der Waals surface area contributed by atoms with Crippen LogP contribution in [0.25, 0.3) is 22.3 Å². The standard InChI is InChI=1S/C41H50BrN5O9S/c1-8-22-18-41(22,38(51)52)46-36(49)28-15-24(19-47(28)37(50)35(40(4,5)6)45-39(53)56-23-11-9-10-12-23)55-31-16-26(27-20-57-32(43-27)17-29(48)21(2)3)44-34-25(31)13-14-30(54-7)33(34)42/h8,13-14,16,20-24,28,35H,1,9-12,15,17-19H2,2-7H3,(H,45,53)(H,46,49)(H,51,52)/t22-,24-,28+,35-,41-/m1/s1. The molecular weight excluding hydrogens is 818 g/mol. The maximum atomic E-state index is 14.6. The van der Waals surface area contributed by atoms with Gasteiger partial charge in [0.05, 0.1) is 35.8 Å². The number of carboxylic acid groups (broad SMARTS) is 1. The SMILES string of the molecule is C=C[C@@H]1C[C@]1(NC(=O)[C@@H]1C[C@@H](Oc2cc(-c3csc(CC(=O)C(C)C)n3)nc3c(Br)c(OC)ccc23)CN1C(=O)[C@@H](NC(=O)OC1CCCC1)C(C)(C)C)C(=O)O. The first kappa shape index (κ1) is 42.0. The lowest BCUT2D eigenvalue weighted by molar-refractivity contribution is -0.146. The van der Waals surface area contributed by atoms with Crippen molar-refractivity contribution in [3.05, 3.63) is 45.7 Å². The Morgan fingerprint density at radius 1 is 1.11 bits per heavy atom. The number of aliphatic carboxylic acids is 1. The van der Waals surface area contributed by atoms with Crippen LogP contribution in [0.5, 0.6) is 11.5 Å². The van der Waals surface area contributed by atoms with Crippen LogP contribution in [0.15, 0.2) is 40.7 Å². The summed E-state index contributed by atoms with van der Waals surface area (Å²) in [6, 6.07) is 3.08. The molecule has 2 saturated carbocycles. The van der Waals surface area contributed by atoms with Gasteiger partial charge in [-0.15, -0.1) is 17.9 Å². The van der Waals surface area contributed by atoms with Crippen LogP contribution in [-0.2, 0) is 30.3 Å². The number of rotatable bonds is 14. The van der Waals surface area contributed by atoms with Gasteiger partial charge in [0.25, 0.3) is 0 Å². The molecule has 0 bridgehead atoms. The number of nitrogens with one attached hydrogen (secondary N) is 2. The molecule has 5 atom stereocenters. The molecule has 3 aromatic rings. The monoisotopic (exact) mass is 867 g/mol. The first-order chi connectivity index (χ1) is 26.9. The molecule has 3 fully saturated rings. The second-order valence-corrected chi connectivity index (χ2v) is 18.2. The van der Waals surface area contributed by atoms with Gasteiger partial charge in [-0.3, -0.25) is 14.4 Å². The molecule has 0 radical (unpaired) electrons. The largest absolute Gasteiger partial charge is 0.495 e. The van der Waals surface area contributed by atoms with Crippen molar-refractivity contribution >= 4 is 67.8 Å². The number of alkyl carbamates (subject to hydrolysis) is 1. The Kier molecular flexibility index (Phi) is 12.3. The Bertz CT molecular complexity index is 2080. The Morgan fingerprint density at radius 2 is 1.82 bits per heavy atom. The minimum Gasteiger partial charge on any atom is -0.495 e. The Balaban J connectivity index is 1.34. The lowest BCUT2D eigenvalue weighted by atomic mass is 9.85. The van der Waals surface area contributed by atoms with E-state index in [-0.39, 0.29) is 43.6 Å². The first-order valence-electron chi connectivity index (χ1n) is 19.2. The molecule has 16 heteroatoms. The van der Waals surface area contributed by atoms with Crippen LogP contribution >= 0.6 is 27.3 Å². The molecule has 0 spiro atoms. The molecule has 3 N–H and O–H groups in total. The number of amides is 3. The quantitative estimate of drug-likeness (QED) is 0.151. The maximum absolute atomic E-state index is 14.6. The highest BCUT2D eigenvalue weighted by Gasteiger charge is 2.61. The predicted octanol–water partition coefficient (Wildman–Crippen LogP) is 6.47. The van der Waals surface area contributed by atoms with Crippen LogP contribution in [0.4, 0.5) is 4.79 Å². The zero-order valence-corrected chi connectivity index (χ0v) is 35.5. The number of carboxylic acids is 1. The smallest absolute Gasteiger partial charge is 0.408 e. The van der Waals surface area contributed by atoms with Crippen LogP contribution in [-0.4, -0.2) is 93.1 Å². The zero-order chi connectivity index (χ0) is 41.4.